The van der Waals surface area contributed by atoms with Crippen LogP contribution in [0.15, 0.2) is 48.8 Å². The second kappa shape index (κ2) is 7.47. The van der Waals surface area contributed by atoms with Crippen molar-refractivity contribution >= 4 is 17.5 Å². The fourth-order valence-electron chi connectivity index (χ4n) is 4.50. The van der Waals surface area contributed by atoms with Crippen molar-refractivity contribution in [3.63, 3.8) is 0 Å². The van der Waals surface area contributed by atoms with Gasteiger partial charge in [0.2, 0.25) is 0 Å². The lowest BCUT2D eigenvalue weighted by Crippen LogP contribution is -2.49. The number of carbonyl (C=O) groups is 1. The maximum Gasteiger partial charge on any atom is 0.257 e. The Labute approximate surface area is 181 Å². The lowest BCUT2D eigenvalue weighted by Gasteiger charge is -2.41. The number of rotatable bonds is 3. The molecule has 2 atom stereocenters. The average molecular weight is 422 g/mol. The molecular formula is C24H24ClN3O2. The van der Waals surface area contributed by atoms with Gasteiger partial charge in [0.05, 0.1) is 16.3 Å². The van der Waals surface area contributed by atoms with E-state index in [1.165, 1.54) is 0 Å². The van der Waals surface area contributed by atoms with Gasteiger partial charge in [-0.1, -0.05) is 23.7 Å². The molecule has 154 valence electrons. The summed E-state index contributed by atoms with van der Waals surface area (Å²) in [6.45, 7) is 4.83. The molecule has 3 aliphatic heterocycles. The third-order valence-corrected chi connectivity index (χ3v) is 6.73. The van der Waals surface area contributed by atoms with Gasteiger partial charge in [-0.05, 0) is 61.2 Å². The number of ether oxygens (including phenoxy) is 1. The Kier molecular flexibility index (Phi) is 4.78. The number of nitrogens with zero attached hydrogens (tertiary/aromatic N) is 3. The zero-order valence-electron chi connectivity index (χ0n) is 17.1. The summed E-state index contributed by atoms with van der Waals surface area (Å²) in [5, 5.41) is 4.83. The Bertz CT molecular complexity index is 1090. The molecule has 3 aliphatic rings. The molecule has 1 amide bonds. The zero-order chi connectivity index (χ0) is 20.8. The van der Waals surface area contributed by atoms with Crippen molar-refractivity contribution in [3.05, 3.63) is 76.1 Å². The van der Waals surface area contributed by atoms with Crippen LogP contribution in [0.1, 0.15) is 46.8 Å². The molecule has 5 nitrogen and oxygen atoms in total. The number of hydrogen-bond acceptors (Lipinski definition) is 3. The summed E-state index contributed by atoms with van der Waals surface area (Å²) < 4.78 is 8.08. The van der Waals surface area contributed by atoms with E-state index in [9.17, 15) is 4.79 Å². The second-order valence-corrected chi connectivity index (χ2v) is 8.63. The van der Waals surface area contributed by atoms with Gasteiger partial charge in [-0.25, -0.2) is 4.68 Å². The van der Waals surface area contributed by atoms with Crippen LogP contribution in [-0.2, 0) is 6.42 Å². The van der Waals surface area contributed by atoms with E-state index < -0.39 is 0 Å². The smallest absolute Gasteiger partial charge is 0.257 e. The van der Waals surface area contributed by atoms with Crippen molar-refractivity contribution in [2.24, 2.45) is 0 Å². The van der Waals surface area contributed by atoms with Gasteiger partial charge in [0.15, 0.2) is 5.75 Å². The highest BCUT2D eigenvalue weighted by atomic mass is 35.5. The predicted octanol–water partition coefficient (Wildman–Crippen LogP) is 4.81. The summed E-state index contributed by atoms with van der Waals surface area (Å²) in [5.41, 5.74) is 4.77. The molecule has 6 rings (SSSR count). The minimum absolute atomic E-state index is 0.0211. The van der Waals surface area contributed by atoms with Crippen molar-refractivity contribution in [2.45, 2.75) is 45.3 Å². The second-order valence-electron chi connectivity index (χ2n) is 8.26. The molecule has 4 heterocycles. The van der Waals surface area contributed by atoms with Crippen LogP contribution < -0.4 is 4.74 Å². The zero-order valence-corrected chi connectivity index (χ0v) is 17.9. The highest BCUT2D eigenvalue weighted by molar-refractivity contribution is 6.33. The van der Waals surface area contributed by atoms with E-state index in [1.54, 1.807) is 6.20 Å². The Morgan fingerprint density at radius 1 is 1.27 bits per heavy atom. The average Bonchev–Trinajstić information content (AvgIpc) is 3.27. The third kappa shape index (κ3) is 3.27. The molecule has 1 fully saturated rings. The number of amides is 1. The Hall–Kier alpha value is -2.79. The molecule has 2 aromatic carbocycles. The summed E-state index contributed by atoms with van der Waals surface area (Å²) in [5.74, 6) is 0.575. The van der Waals surface area contributed by atoms with Gasteiger partial charge in [0.1, 0.15) is 6.10 Å². The Morgan fingerprint density at radius 2 is 2.07 bits per heavy atom. The SMILES string of the molecule is Cc1c(Cc2ccc(-n3cccn3)cc2)cc2c(c1Cl)O[C@H]1CCN(C2=O)[C@@H](C)C1. The van der Waals surface area contributed by atoms with Crippen LogP contribution in [0, 0.1) is 6.92 Å². The standard InChI is InChI=1S/C24H24ClN3O2/c1-15-12-20-8-11-27(15)24(29)21-14-18(16(2)22(25)23(21)30-20)13-17-4-6-19(7-5-17)28-10-3-9-26-28/h3-7,9-10,14-15,20H,8,11-13H2,1-2H3/t15-,20-/m0/s1. The van der Waals surface area contributed by atoms with Crippen molar-refractivity contribution in [3.8, 4) is 11.4 Å². The van der Waals surface area contributed by atoms with Crippen molar-refractivity contribution in [1.29, 1.82) is 0 Å². The molecule has 2 bridgehead atoms. The summed E-state index contributed by atoms with van der Waals surface area (Å²) in [7, 11) is 0. The van der Waals surface area contributed by atoms with E-state index in [4.69, 9.17) is 16.3 Å². The molecule has 0 N–H and O–H groups in total. The Balaban J connectivity index is 1.50. The van der Waals surface area contributed by atoms with Crippen LogP contribution in [0.3, 0.4) is 0 Å². The molecule has 6 heteroatoms. The maximum absolute atomic E-state index is 13.3. The lowest BCUT2D eigenvalue weighted by molar-refractivity contribution is 0.0349. The molecule has 0 radical (unpaired) electrons. The number of benzene rings is 2. The lowest BCUT2D eigenvalue weighted by atomic mass is 9.93. The van der Waals surface area contributed by atoms with Crippen LogP contribution in [0.5, 0.6) is 5.75 Å². The molecule has 0 aliphatic carbocycles. The summed E-state index contributed by atoms with van der Waals surface area (Å²) >= 11 is 6.73. The van der Waals surface area contributed by atoms with Gasteiger partial charge in [-0.3, -0.25) is 4.79 Å². The van der Waals surface area contributed by atoms with E-state index in [1.807, 2.05) is 47.0 Å². The van der Waals surface area contributed by atoms with E-state index in [2.05, 4.69) is 24.2 Å². The van der Waals surface area contributed by atoms with E-state index in [0.29, 0.717) is 22.8 Å². The topological polar surface area (TPSA) is 47.4 Å². The van der Waals surface area contributed by atoms with Crippen LogP contribution in [-0.4, -0.2) is 39.3 Å². The first-order valence-corrected chi connectivity index (χ1v) is 10.8. The van der Waals surface area contributed by atoms with Gasteiger partial charge in [0.25, 0.3) is 5.91 Å². The maximum atomic E-state index is 13.3. The minimum atomic E-state index is 0.0211. The van der Waals surface area contributed by atoms with Gasteiger partial charge in [0, 0.05) is 37.8 Å². The number of hydrogen-bond donors (Lipinski definition) is 0. The van der Waals surface area contributed by atoms with Crippen molar-refractivity contribution in [1.82, 2.24) is 14.7 Å². The summed E-state index contributed by atoms with van der Waals surface area (Å²) in [6, 6.07) is 12.3. The minimum Gasteiger partial charge on any atom is -0.488 e. The largest absolute Gasteiger partial charge is 0.488 e. The first-order valence-electron chi connectivity index (χ1n) is 10.4. The molecule has 1 aromatic heterocycles. The normalized spacial score (nSPS) is 20.5. The number of carbonyl (C=O) groups excluding carboxylic acids is 1. The highest BCUT2D eigenvalue weighted by Crippen LogP contribution is 2.40. The summed E-state index contributed by atoms with van der Waals surface area (Å²) in [4.78, 5) is 15.2. The summed E-state index contributed by atoms with van der Waals surface area (Å²) in [6.07, 6.45) is 6.20. The monoisotopic (exact) mass is 421 g/mol. The van der Waals surface area contributed by atoms with Crippen molar-refractivity contribution < 1.29 is 9.53 Å². The molecule has 1 saturated heterocycles. The van der Waals surface area contributed by atoms with E-state index >= 15 is 0 Å². The third-order valence-electron chi connectivity index (χ3n) is 6.28. The molecule has 0 unspecified atom stereocenters. The molecule has 0 spiro atoms. The molecular weight excluding hydrogens is 398 g/mol. The fourth-order valence-corrected chi connectivity index (χ4v) is 4.77. The Morgan fingerprint density at radius 3 is 2.77 bits per heavy atom. The fraction of sp³-hybridized carbons (Fsp3) is 0.333. The first-order chi connectivity index (χ1) is 14.5. The molecule has 3 aromatic rings. The van der Waals surface area contributed by atoms with Crippen molar-refractivity contribution in [2.75, 3.05) is 6.54 Å². The van der Waals surface area contributed by atoms with Gasteiger partial charge in [-0.15, -0.1) is 0 Å². The number of piperidine rings is 1. The quantitative estimate of drug-likeness (QED) is 0.609. The first kappa shape index (κ1) is 19.2. The van der Waals surface area contributed by atoms with E-state index in [-0.39, 0.29) is 18.1 Å². The molecule has 0 saturated carbocycles. The number of fused-ring (bicyclic) bond motifs is 2. The van der Waals surface area contributed by atoms with Crippen LogP contribution in [0.2, 0.25) is 5.02 Å². The van der Waals surface area contributed by atoms with Crippen LogP contribution >= 0.6 is 11.6 Å². The van der Waals surface area contributed by atoms with E-state index in [0.717, 1.165) is 41.8 Å². The highest BCUT2D eigenvalue weighted by Gasteiger charge is 2.36. The van der Waals surface area contributed by atoms with Crippen LogP contribution in [0.4, 0.5) is 0 Å². The number of aromatic nitrogens is 2. The van der Waals surface area contributed by atoms with Gasteiger partial charge in [-0.2, -0.15) is 5.10 Å². The van der Waals surface area contributed by atoms with Gasteiger partial charge < -0.3 is 9.64 Å². The van der Waals surface area contributed by atoms with Crippen LogP contribution in [0.25, 0.3) is 5.69 Å². The number of halogens is 1. The molecule has 30 heavy (non-hydrogen) atoms. The predicted molar refractivity (Wildman–Crippen MR) is 117 cm³/mol. The van der Waals surface area contributed by atoms with Gasteiger partial charge >= 0.3 is 0 Å².